The molecule has 0 unspecified atom stereocenters. The molecule has 0 saturated carbocycles. The minimum absolute atomic E-state index is 0.194. The van der Waals surface area contributed by atoms with Gasteiger partial charge >= 0.3 is 33.3 Å². The molecule has 0 saturated heterocycles. The van der Waals surface area contributed by atoms with E-state index in [-0.39, 0.29) is 13.1 Å². The number of aliphatic imine (C=N–C) groups is 2. The van der Waals surface area contributed by atoms with Gasteiger partial charge in [0.2, 0.25) is 5.82 Å². The SMILES string of the molecule is Cc1cc(C)c(N=C(c2ccccc2)c2nc(C(=Nc3c(C)cc(C)cc3C)c3ccccc3)n(Cc3ccccc3)n2)c(C)c1.[Cl][Fe][Cl]. The van der Waals surface area contributed by atoms with Gasteiger partial charge in [0, 0.05) is 11.1 Å². The van der Waals surface area contributed by atoms with Crippen LogP contribution in [0.1, 0.15) is 61.7 Å². The number of nitrogens with zero attached hydrogens (tertiary/aromatic N) is 5. The maximum atomic E-state index is 5.36. The van der Waals surface area contributed by atoms with Gasteiger partial charge in [-0.15, -0.1) is 5.10 Å². The van der Waals surface area contributed by atoms with E-state index in [1.54, 1.807) is 0 Å². The van der Waals surface area contributed by atoms with Crippen molar-refractivity contribution in [2.45, 2.75) is 48.1 Å². The molecule has 0 radical (unpaired) electrons. The van der Waals surface area contributed by atoms with Crippen molar-refractivity contribution >= 4 is 43.0 Å². The summed E-state index contributed by atoms with van der Waals surface area (Å²) in [4.78, 5) is 16.0. The molecule has 0 aliphatic carbocycles. The number of benzene rings is 5. The second-order valence-corrected chi connectivity index (χ2v) is 13.9. The van der Waals surface area contributed by atoms with Crippen LogP contribution in [-0.2, 0) is 19.7 Å². The first-order valence-corrected chi connectivity index (χ1v) is 19.0. The topological polar surface area (TPSA) is 55.4 Å². The molecular weight excluding hydrogens is 689 g/mol. The Morgan fingerprint density at radius 3 is 1.43 bits per heavy atom. The van der Waals surface area contributed by atoms with E-state index in [0.717, 1.165) is 61.7 Å². The molecule has 5 nitrogen and oxygen atoms in total. The monoisotopic (exact) mass is 727 g/mol. The number of aromatic nitrogens is 3. The Labute approximate surface area is 304 Å². The number of hydrogen-bond donors (Lipinski definition) is 0. The van der Waals surface area contributed by atoms with Gasteiger partial charge in [-0.3, -0.25) is 0 Å². The predicted molar refractivity (Wildman–Crippen MR) is 202 cm³/mol. The Morgan fingerprint density at radius 2 is 0.980 bits per heavy atom. The summed E-state index contributed by atoms with van der Waals surface area (Å²) < 4.78 is 1.97. The normalized spacial score (nSPS) is 11.8. The molecule has 8 heteroatoms. The fourth-order valence-corrected chi connectivity index (χ4v) is 6.08. The quantitative estimate of drug-likeness (QED) is 0.116. The Balaban J connectivity index is 0.00000151. The van der Waals surface area contributed by atoms with Gasteiger partial charge in [-0.1, -0.05) is 126 Å². The molecule has 0 atom stereocenters. The van der Waals surface area contributed by atoms with Crippen LogP contribution < -0.4 is 0 Å². The van der Waals surface area contributed by atoms with Crippen LogP contribution in [0.2, 0.25) is 0 Å². The Hall–Kier alpha value is -4.32. The third-order valence-electron chi connectivity index (χ3n) is 8.08. The van der Waals surface area contributed by atoms with E-state index in [4.69, 9.17) is 40.3 Å². The van der Waals surface area contributed by atoms with Gasteiger partial charge in [-0.25, -0.2) is 19.7 Å². The van der Waals surface area contributed by atoms with E-state index >= 15 is 0 Å². The molecule has 6 aromatic rings. The average Bonchev–Trinajstić information content (AvgIpc) is 3.48. The molecule has 0 N–H and O–H groups in total. The van der Waals surface area contributed by atoms with Crippen molar-refractivity contribution in [1.82, 2.24) is 14.8 Å². The molecule has 0 amide bonds. The molecule has 0 aliphatic rings. The second kappa shape index (κ2) is 16.9. The van der Waals surface area contributed by atoms with Crippen molar-refractivity contribution in [2.75, 3.05) is 0 Å². The van der Waals surface area contributed by atoms with Gasteiger partial charge in [0.25, 0.3) is 0 Å². The summed E-state index contributed by atoms with van der Waals surface area (Å²) in [6, 6.07) is 39.6. The molecule has 6 rings (SSSR count). The third kappa shape index (κ3) is 9.03. The molecular formula is C41H39Cl2FeN5. The molecule has 0 spiro atoms. The zero-order valence-electron chi connectivity index (χ0n) is 28.5. The average molecular weight is 729 g/mol. The summed E-state index contributed by atoms with van der Waals surface area (Å²) in [5, 5.41) is 5.20. The molecule has 0 aliphatic heterocycles. The van der Waals surface area contributed by atoms with Crippen LogP contribution in [0.3, 0.4) is 0 Å². The zero-order chi connectivity index (χ0) is 34.9. The van der Waals surface area contributed by atoms with Crippen LogP contribution in [0.4, 0.5) is 11.4 Å². The van der Waals surface area contributed by atoms with E-state index in [9.17, 15) is 0 Å². The molecule has 49 heavy (non-hydrogen) atoms. The summed E-state index contributed by atoms with van der Waals surface area (Å²) in [6.45, 7) is 13.2. The molecule has 0 bridgehead atoms. The first-order chi connectivity index (χ1) is 23.7. The summed E-state index contributed by atoms with van der Waals surface area (Å²) in [5.41, 5.74) is 13.3. The zero-order valence-corrected chi connectivity index (χ0v) is 31.1. The van der Waals surface area contributed by atoms with Gasteiger partial charge < -0.3 is 0 Å². The standard InChI is InChI=1S/C41H39N5.2ClH.Fe/c1-27-22-29(3)36(30(4)23-27)42-38(34-18-12-8-13-19-34)40-44-41(46(45-40)26-33-16-10-7-11-17-33)39(35-20-14-9-15-21-35)43-37-31(5)24-28(2)25-32(37)6;;;/h7-25H,26H2,1-6H3;2*1H;/q;;;+2/p-2. The number of hydrogen-bond acceptors (Lipinski definition) is 4. The molecule has 5 aromatic carbocycles. The van der Waals surface area contributed by atoms with Crippen molar-refractivity contribution in [3.8, 4) is 0 Å². The molecule has 0 fully saturated rings. The van der Waals surface area contributed by atoms with Crippen molar-refractivity contribution in [3.63, 3.8) is 0 Å². The second-order valence-electron chi connectivity index (χ2n) is 12.1. The van der Waals surface area contributed by atoms with Crippen LogP contribution in [0.25, 0.3) is 0 Å². The van der Waals surface area contributed by atoms with Gasteiger partial charge in [0.1, 0.15) is 11.4 Å². The van der Waals surface area contributed by atoms with E-state index < -0.39 is 0 Å². The summed E-state index contributed by atoms with van der Waals surface area (Å²) in [5.74, 6) is 1.24. The van der Waals surface area contributed by atoms with E-state index in [1.807, 2.05) is 47.1 Å². The molecule has 1 aromatic heterocycles. The number of aryl methyl sites for hydroxylation is 6. The van der Waals surface area contributed by atoms with Gasteiger partial charge in [0.05, 0.1) is 17.9 Å². The Kier molecular flexibility index (Phi) is 12.4. The van der Waals surface area contributed by atoms with Crippen molar-refractivity contribution < 1.29 is 13.1 Å². The number of halogens is 2. The predicted octanol–water partition coefficient (Wildman–Crippen LogP) is 10.9. The third-order valence-corrected chi connectivity index (χ3v) is 8.08. The summed E-state index contributed by atoms with van der Waals surface area (Å²) >= 11 is 0.194. The summed E-state index contributed by atoms with van der Waals surface area (Å²) in [6.07, 6.45) is 0. The van der Waals surface area contributed by atoms with Crippen molar-refractivity contribution in [2.24, 2.45) is 9.98 Å². The van der Waals surface area contributed by atoms with E-state index in [1.165, 1.54) is 11.1 Å². The van der Waals surface area contributed by atoms with E-state index in [0.29, 0.717) is 18.2 Å². The van der Waals surface area contributed by atoms with Crippen molar-refractivity contribution in [3.05, 3.63) is 177 Å². The van der Waals surface area contributed by atoms with Crippen LogP contribution >= 0.6 is 20.2 Å². The van der Waals surface area contributed by atoms with Crippen LogP contribution in [0.5, 0.6) is 0 Å². The molecule has 1 heterocycles. The first-order valence-electron chi connectivity index (χ1n) is 16.0. The van der Waals surface area contributed by atoms with Gasteiger partial charge in [0.15, 0.2) is 5.82 Å². The maximum absolute atomic E-state index is 5.36. The fourth-order valence-electron chi connectivity index (χ4n) is 6.08. The van der Waals surface area contributed by atoms with E-state index in [2.05, 4.69) is 114 Å². The van der Waals surface area contributed by atoms with Crippen LogP contribution in [0, 0.1) is 41.5 Å². The van der Waals surface area contributed by atoms with Crippen LogP contribution in [-0.4, -0.2) is 26.2 Å². The van der Waals surface area contributed by atoms with Crippen molar-refractivity contribution in [1.29, 1.82) is 0 Å². The minimum atomic E-state index is 0.194. The van der Waals surface area contributed by atoms with Gasteiger partial charge in [-0.05, 0) is 69.4 Å². The summed E-state index contributed by atoms with van der Waals surface area (Å²) in [7, 11) is 9.53. The Bertz CT molecular complexity index is 2040. The Morgan fingerprint density at radius 1 is 0.592 bits per heavy atom. The van der Waals surface area contributed by atoms with Crippen LogP contribution in [0.15, 0.2) is 125 Å². The molecule has 250 valence electrons. The first kappa shape index (κ1) is 36.0. The fraction of sp³-hybridized carbons (Fsp3) is 0.171. The number of rotatable bonds is 8. The van der Waals surface area contributed by atoms with Gasteiger partial charge in [-0.2, -0.15) is 0 Å².